The number of likely N-dealkylation sites (N-methyl/N-ethyl adjacent to an activating group) is 1. The van der Waals surface area contributed by atoms with Gasteiger partial charge in [0.2, 0.25) is 0 Å². The van der Waals surface area contributed by atoms with Crippen LogP contribution in [0.5, 0.6) is 0 Å². The summed E-state index contributed by atoms with van der Waals surface area (Å²) < 4.78 is 0. The Morgan fingerprint density at radius 2 is 1.86 bits per heavy atom. The van der Waals surface area contributed by atoms with Crippen LogP contribution < -0.4 is 0 Å². The molecule has 0 spiro atoms. The van der Waals surface area contributed by atoms with Crippen molar-refractivity contribution in [2.24, 2.45) is 0 Å². The molecule has 2 atom stereocenters. The fourth-order valence-electron chi connectivity index (χ4n) is 2.74. The van der Waals surface area contributed by atoms with Gasteiger partial charge in [-0.05, 0) is 26.9 Å². The summed E-state index contributed by atoms with van der Waals surface area (Å²) in [6.45, 7) is 2.25. The lowest BCUT2D eigenvalue weighted by Gasteiger charge is -2.34. The first-order valence-corrected chi connectivity index (χ1v) is 5.59. The zero-order valence-electron chi connectivity index (χ0n) is 9.20. The molecule has 2 fully saturated rings. The topological polar surface area (TPSA) is 23.6 Å². The lowest BCUT2D eigenvalue weighted by atomic mass is 10.0. The molecule has 3 nitrogen and oxygen atoms in total. The number of hydrogen-bond donors (Lipinski definition) is 0. The van der Waals surface area contributed by atoms with E-state index < -0.39 is 0 Å². The smallest absolute Gasteiger partial charge is 0.136 e. The summed E-state index contributed by atoms with van der Waals surface area (Å²) in [7, 11) is 4.22. The standard InChI is InChI=1S/C11H20N2O/c1-12(2)5-6-13-9-3-4-10(13)8-11(14)7-9/h9-10H,3-8H2,1-2H3. The van der Waals surface area contributed by atoms with Gasteiger partial charge in [0.05, 0.1) is 0 Å². The van der Waals surface area contributed by atoms with Crippen LogP contribution in [-0.4, -0.2) is 54.9 Å². The quantitative estimate of drug-likeness (QED) is 0.665. The summed E-state index contributed by atoms with van der Waals surface area (Å²) in [4.78, 5) is 16.1. The van der Waals surface area contributed by atoms with Crippen molar-refractivity contribution in [3.05, 3.63) is 0 Å². The van der Waals surface area contributed by atoms with Crippen LogP contribution in [0.1, 0.15) is 25.7 Å². The molecule has 2 bridgehead atoms. The molecule has 2 saturated heterocycles. The average molecular weight is 196 g/mol. The Morgan fingerprint density at radius 3 is 2.36 bits per heavy atom. The number of fused-ring (bicyclic) bond motifs is 2. The third-order valence-corrected chi connectivity index (χ3v) is 3.50. The molecule has 0 aromatic heterocycles. The Balaban J connectivity index is 1.91. The van der Waals surface area contributed by atoms with Crippen molar-refractivity contribution < 1.29 is 4.79 Å². The summed E-state index contributed by atoms with van der Waals surface area (Å²) in [5.41, 5.74) is 0. The maximum absolute atomic E-state index is 11.4. The van der Waals surface area contributed by atoms with E-state index in [2.05, 4.69) is 23.9 Å². The second-order valence-electron chi connectivity index (χ2n) is 4.87. The zero-order chi connectivity index (χ0) is 10.1. The second-order valence-corrected chi connectivity index (χ2v) is 4.87. The summed E-state index contributed by atoms with van der Waals surface area (Å²) >= 11 is 0. The number of carbonyl (C=O) groups excluding carboxylic acids is 1. The Kier molecular flexibility index (Phi) is 2.88. The van der Waals surface area contributed by atoms with Gasteiger partial charge in [0.25, 0.3) is 0 Å². The molecule has 14 heavy (non-hydrogen) atoms. The number of carbonyl (C=O) groups is 1. The fraction of sp³-hybridized carbons (Fsp3) is 0.909. The molecule has 2 rings (SSSR count). The third-order valence-electron chi connectivity index (χ3n) is 3.50. The molecule has 80 valence electrons. The van der Waals surface area contributed by atoms with E-state index in [1.54, 1.807) is 0 Å². The van der Waals surface area contributed by atoms with Gasteiger partial charge in [0, 0.05) is 38.0 Å². The number of nitrogens with zero attached hydrogens (tertiary/aromatic N) is 2. The molecule has 0 aromatic rings. The predicted molar refractivity (Wildman–Crippen MR) is 56.3 cm³/mol. The lowest BCUT2D eigenvalue weighted by molar-refractivity contribution is -0.123. The summed E-state index contributed by atoms with van der Waals surface area (Å²) in [6.07, 6.45) is 4.10. The van der Waals surface area contributed by atoms with Crippen molar-refractivity contribution >= 4 is 5.78 Å². The Labute approximate surface area is 86.1 Å². The molecule has 0 saturated carbocycles. The highest BCUT2D eigenvalue weighted by atomic mass is 16.1. The minimum absolute atomic E-state index is 0.485. The van der Waals surface area contributed by atoms with Crippen LogP contribution in [0.15, 0.2) is 0 Å². The van der Waals surface area contributed by atoms with Crippen LogP contribution in [0.3, 0.4) is 0 Å². The molecule has 2 aliphatic rings. The van der Waals surface area contributed by atoms with Crippen LogP contribution in [0.25, 0.3) is 0 Å². The van der Waals surface area contributed by atoms with Crippen LogP contribution in [0.4, 0.5) is 0 Å². The van der Waals surface area contributed by atoms with Gasteiger partial charge in [-0.15, -0.1) is 0 Å². The highest BCUT2D eigenvalue weighted by Crippen LogP contribution is 2.33. The molecule has 2 unspecified atom stereocenters. The first-order valence-electron chi connectivity index (χ1n) is 5.59. The molecular formula is C11H20N2O. The van der Waals surface area contributed by atoms with Crippen LogP contribution >= 0.6 is 0 Å². The summed E-state index contributed by atoms with van der Waals surface area (Å²) in [5, 5.41) is 0. The molecule has 2 aliphatic heterocycles. The van der Waals surface area contributed by atoms with E-state index >= 15 is 0 Å². The fourth-order valence-corrected chi connectivity index (χ4v) is 2.74. The van der Waals surface area contributed by atoms with Crippen molar-refractivity contribution in [1.29, 1.82) is 0 Å². The Hall–Kier alpha value is -0.410. The average Bonchev–Trinajstić information content (AvgIpc) is 2.34. The van der Waals surface area contributed by atoms with Gasteiger partial charge >= 0.3 is 0 Å². The summed E-state index contributed by atoms with van der Waals surface area (Å²) in [6, 6.07) is 1.14. The van der Waals surface area contributed by atoms with Gasteiger partial charge < -0.3 is 4.90 Å². The highest BCUT2D eigenvalue weighted by Gasteiger charge is 2.39. The van der Waals surface area contributed by atoms with Crippen molar-refractivity contribution in [2.75, 3.05) is 27.2 Å². The molecule has 0 N–H and O–H groups in total. The molecule has 0 radical (unpaired) electrons. The van der Waals surface area contributed by atoms with Crippen molar-refractivity contribution in [3.8, 4) is 0 Å². The minimum Gasteiger partial charge on any atom is -0.308 e. The first kappa shape index (κ1) is 10.1. The van der Waals surface area contributed by atoms with Crippen LogP contribution in [0, 0.1) is 0 Å². The molecule has 2 heterocycles. The molecular weight excluding hydrogens is 176 g/mol. The van der Waals surface area contributed by atoms with Gasteiger partial charge in [-0.2, -0.15) is 0 Å². The largest absolute Gasteiger partial charge is 0.308 e. The molecule has 0 amide bonds. The second kappa shape index (κ2) is 3.99. The Bertz CT molecular complexity index is 211. The number of hydrogen-bond acceptors (Lipinski definition) is 3. The van der Waals surface area contributed by atoms with Gasteiger partial charge in [-0.3, -0.25) is 9.69 Å². The van der Waals surface area contributed by atoms with Crippen molar-refractivity contribution in [3.63, 3.8) is 0 Å². The highest BCUT2D eigenvalue weighted by molar-refractivity contribution is 5.80. The van der Waals surface area contributed by atoms with Gasteiger partial charge in [0.1, 0.15) is 5.78 Å². The van der Waals surface area contributed by atoms with E-state index in [-0.39, 0.29) is 0 Å². The number of Topliss-reactive ketones (excluding diaryl/α,β-unsaturated/α-hetero) is 1. The van der Waals surface area contributed by atoms with E-state index in [0.717, 1.165) is 25.9 Å². The number of ketones is 1. The van der Waals surface area contributed by atoms with Gasteiger partial charge in [-0.1, -0.05) is 0 Å². The van der Waals surface area contributed by atoms with Gasteiger partial charge in [-0.25, -0.2) is 0 Å². The van der Waals surface area contributed by atoms with Crippen LogP contribution in [-0.2, 0) is 4.79 Å². The van der Waals surface area contributed by atoms with Crippen molar-refractivity contribution in [1.82, 2.24) is 9.80 Å². The predicted octanol–water partition coefficient (Wildman–Crippen LogP) is 0.744. The maximum Gasteiger partial charge on any atom is 0.136 e. The van der Waals surface area contributed by atoms with Gasteiger partial charge in [0.15, 0.2) is 0 Å². The minimum atomic E-state index is 0.485. The third kappa shape index (κ3) is 1.98. The van der Waals surface area contributed by atoms with Crippen molar-refractivity contribution in [2.45, 2.75) is 37.8 Å². The summed E-state index contributed by atoms with van der Waals surface area (Å²) in [5.74, 6) is 0.485. The monoisotopic (exact) mass is 196 g/mol. The SMILES string of the molecule is CN(C)CCN1C2CCC1CC(=O)C2. The molecule has 0 aliphatic carbocycles. The molecule has 3 heteroatoms. The van der Waals surface area contributed by atoms with E-state index in [1.807, 2.05) is 0 Å². The van der Waals surface area contributed by atoms with Crippen LogP contribution in [0.2, 0.25) is 0 Å². The number of piperidine rings is 1. The lowest BCUT2D eigenvalue weighted by Crippen LogP contribution is -2.45. The maximum atomic E-state index is 11.4. The van der Waals surface area contributed by atoms with E-state index in [4.69, 9.17) is 0 Å². The van der Waals surface area contributed by atoms with E-state index in [0.29, 0.717) is 17.9 Å². The first-order chi connectivity index (χ1) is 6.66. The van der Waals surface area contributed by atoms with E-state index in [1.165, 1.54) is 12.8 Å². The normalized spacial score (nSPS) is 32.9. The Morgan fingerprint density at radius 1 is 1.29 bits per heavy atom. The number of rotatable bonds is 3. The zero-order valence-corrected chi connectivity index (χ0v) is 9.20. The van der Waals surface area contributed by atoms with E-state index in [9.17, 15) is 4.79 Å². The molecule has 0 aromatic carbocycles.